The summed E-state index contributed by atoms with van der Waals surface area (Å²) in [4.78, 5) is 11.3. The molecule has 0 bridgehead atoms. The van der Waals surface area contributed by atoms with Crippen LogP contribution in [-0.4, -0.2) is 12.6 Å². The van der Waals surface area contributed by atoms with Gasteiger partial charge < -0.3 is 4.74 Å². The summed E-state index contributed by atoms with van der Waals surface area (Å²) < 4.78 is 5.10. The summed E-state index contributed by atoms with van der Waals surface area (Å²) in [6, 6.07) is 0. The van der Waals surface area contributed by atoms with Crippen LogP contribution in [0, 0.1) is 5.92 Å². The molecule has 4 heteroatoms. The Morgan fingerprint density at radius 1 is 1.40 bits per heavy atom. The lowest BCUT2D eigenvalue weighted by Crippen LogP contribution is -2.10. The minimum atomic E-state index is -0.190. The Morgan fingerprint density at radius 2 is 2.07 bits per heavy atom. The molecule has 0 heterocycles. The average Bonchev–Trinajstić information content (AvgIpc) is 2.13. The van der Waals surface area contributed by atoms with Crippen molar-refractivity contribution in [1.82, 2.24) is 0 Å². The normalized spacial score (nSPS) is 12.0. The molecule has 15 heavy (non-hydrogen) atoms. The van der Waals surface area contributed by atoms with Crippen molar-refractivity contribution in [2.75, 3.05) is 6.61 Å². The molecular weight excluding hydrogens is 235 g/mol. The number of esters is 1. The number of allylic oxidation sites excluding steroid dienone is 1. The highest BCUT2D eigenvalue weighted by atomic mass is 35.5. The molecule has 0 aromatic carbocycles. The van der Waals surface area contributed by atoms with E-state index in [9.17, 15) is 4.79 Å². The Balaban J connectivity index is 4.11. The fourth-order valence-corrected chi connectivity index (χ4v) is 1.68. The summed E-state index contributed by atoms with van der Waals surface area (Å²) in [5, 5.41) is 0. The second-order valence-electron chi connectivity index (χ2n) is 3.37. The molecule has 0 aromatic heterocycles. The van der Waals surface area contributed by atoms with Crippen LogP contribution >= 0.6 is 23.2 Å². The molecule has 0 aromatic rings. The zero-order valence-electron chi connectivity index (χ0n) is 9.26. The molecule has 0 fully saturated rings. The van der Waals surface area contributed by atoms with Gasteiger partial charge in [-0.3, -0.25) is 4.79 Å². The van der Waals surface area contributed by atoms with Crippen molar-refractivity contribution in [2.45, 2.75) is 39.5 Å². The standard InChI is InChI=1S/C11H18Cl2O2/c1-3-5-6-9(7-10(12)13)8-11(14)15-4-2/h7,9H,3-6,8H2,1-2H3. The number of hydrogen-bond donors (Lipinski definition) is 0. The van der Waals surface area contributed by atoms with Gasteiger partial charge in [0, 0.05) is 0 Å². The highest BCUT2D eigenvalue weighted by Crippen LogP contribution is 2.20. The van der Waals surface area contributed by atoms with Crippen molar-refractivity contribution in [3.63, 3.8) is 0 Å². The van der Waals surface area contributed by atoms with Crippen LogP contribution in [0.4, 0.5) is 0 Å². The minimum absolute atomic E-state index is 0.0917. The maximum atomic E-state index is 11.3. The molecule has 0 saturated carbocycles. The third-order valence-corrected chi connectivity index (χ3v) is 2.28. The van der Waals surface area contributed by atoms with Crippen LogP contribution in [0.5, 0.6) is 0 Å². The second kappa shape index (κ2) is 9.05. The molecule has 0 amide bonds. The smallest absolute Gasteiger partial charge is 0.306 e. The van der Waals surface area contributed by atoms with Crippen LogP contribution in [0.1, 0.15) is 39.5 Å². The summed E-state index contributed by atoms with van der Waals surface area (Å²) in [6.07, 6.45) is 5.14. The van der Waals surface area contributed by atoms with Crippen molar-refractivity contribution in [1.29, 1.82) is 0 Å². The minimum Gasteiger partial charge on any atom is -0.466 e. The summed E-state index contributed by atoms with van der Waals surface area (Å²) >= 11 is 11.2. The molecule has 0 radical (unpaired) electrons. The van der Waals surface area contributed by atoms with Gasteiger partial charge in [0.2, 0.25) is 0 Å². The van der Waals surface area contributed by atoms with Crippen LogP contribution in [0.25, 0.3) is 0 Å². The molecule has 0 N–H and O–H groups in total. The first kappa shape index (κ1) is 14.8. The first-order valence-corrected chi connectivity index (χ1v) is 6.04. The van der Waals surface area contributed by atoms with Crippen LogP contribution < -0.4 is 0 Å². The molecule has 88 valence electrons. The summed E-state index contributed by atoms with van der Waals surface area (Å²) in [5.74, 6) is -0.0987. The van der Waals surface area contributed by atoms with Crippen LogP contribution in [0.3, 0.4) is 0 Å². The van der Waals surface area contributed by atoms with Crippen molar-refractivity contribution in [3.8, 4) is 0 Å². The fraction of sp³-hybridized carbons (Fsp3) is 0.727. The van der Waals surface area contributed by atoms with E-state index in [2.05, 4.69) is 6.92 Å². The van der Waals surface area contributed by atoms with Gasteiger partial charge in [0.15, 0.2) is 0 Å². The van der Waals surface area contributed by atoms with Crippen molar-refractivity contribution in [3.05, 3.63) is 10.6 Å². The van der Waals surface area contributed by atoms with E-state index >= 15 is 0 Å². The van der Waals surface area contributed by atoms with Gasteiger partial charge in [-0.15, -0.1) is 0 Å². The molecule has 0 rings (SSSR count). The van der Waals surface area contributed by atoms with E-state index in [-0.39, 0.29) is 16.4 Å². The Morgan fingerprint density at radius 3 is 2.53 bits per heavy atom. The van der Waals surface area contributed by atoms with Gasteiger partial charge in [-0.1, -0.05) is 49.0 Å². The molecule has 0 saturated heterocycles. The van der Waals surface area contributed by atoms with E-state index in [1.54, 1.807) is 13.0 Å². The Hall–Kier alpha value is -0.210. The van der Waals surface area contributed by atoms with Gasteiger partial charge in [0.25, 0.3) is 0 Å². The third kappa shape index (κ3) is 8.76. The Kier molecular flexibility index (Phi) is 8.92. The summed E-state index contributed by atoms with van der Waals surface area (Å²) in [5.41, 5.74) is 0. The second-order valence-corrected chi connectivity index (χ2v) is 4.38. The molecule has 1 unspecified atom stereocenters. The Labute approximate surface area is 102 Å². The quantitative estimate of drug-likeness (QED) is 0.639. The van der Waals surface area contributed by atoms with Crippen molar-refractivity contribution in [2.24, 2.45) is 5.92 Å². The topological polar surface area (TPSA) is 26.3 Å². The predicted octanol–water partition coefficient (Wildman–Crippen LogP) is 4.07. The summed E-state index contributed by atoms with van der Waals surface area (Å²) in [7, 11) is 0. The average molecular weight is 253 g/mol. The fourth-order valence-electron chi connectivity index (χ4n) is 1.32. The van der Waals surface area contributed by atoms with E-state index in [4.69, 9.17) is 27.9 Å². The van der Waals surface area contributed by atoms with Crippen LogP contribution in [0.15, 0.2) is 10.6 Å². The van der Waals surface area contributed by atoms with E-state index in [1.807, 2.05) is 0 Å². The lowest BCUT2D eigenvalue weighted by molar-refractivity contribution is -0.143. The number of rotatable bonds is 7. The van der Waals surface area contributed by atoms with Gasteiger partial charge in [0.1, 0.15) is 4.49 Å². The first-order chi connectivity index (χ1) is 7.10. The van der Waals surface area contributed by atoms with E-state index in [0.717, 1.165) is 19.3 Å². The SMILES string of the molecule is CCCCC(C=C(Cl)Cl)CC(=O)OCC. The van der Waals surface area contributed by atoms with Gasteiger partial charge in [-0.2, -0.15) is 0 Å². The maximum Gasteiger partial charge on any atom is 0.306 e. The molecule has 0 aliphatic rings. The maximum absolute atomic E-state index is 11.3. The predicted molar refractivity (Wildman–Crippen MR) is 64.1 cm³/mol. The third-order valence-electron chi connectivity index (χ3n) is 2.02. The monoisotopic (exact) mass is 252 g/mol. The van der Waals surface area contributed by atoms with Crippen molar-refractivity contribution >= 4 is 29.2 Å². The largest absolute Gasteiger partial charge is 0.466 e. The number of carbonyl (C=O) groups excluding carboxylic acids is 1. The first-order valence-electron chi connectivity index (χ1n) is 5.28. The molecular formula is C11H18Cl2O2. The van der Waals surface area contributed by atoms with E-state index in [1.165, 1.54) is 0 Å². The van der Waals surface area contributed by atoms with E-state index < -0.39 is 0 Å². The van der Waals surface area contributed by atoms with Gasteiger partial charge >= 0.3 is 5.97 Å². The highest BCUT2D eigenvalue weighted by Gasteiger charge is 2.12. The van der Waals surface area contributed by atoms with E-state index in [0.29, 0.717) is 13.0 Å². The molecule has 0 aliphatic heterocycles. The lowest BCUT2D eigenvalue weighted by Gasteiger charge is -2.11. The van der Waals surface area contributed by atoms with Crippen LogP contribution in [-0.2, 0) is 9.53 Å². The van der Waals surface area contributed by atoms with Crippen molar-refractivity contribution < 1.29 is 9.53 Å². The number of ether oxygens (including phenoxy) is 1. The molecule has 0 spiro atoms. The van der Waals surface area contributed by atoms with Gasteiger partial charge in [-0.25, -0.2) is 0 Å². The Bertz CT molecular complexity index is 211. The van der Waals surface area contributed by atoms with Crippen LogP contribution in [0.2, 0.25) is 0 Å². The number of halogens is 2. The molecule has 2 nitrogen and oxygen atoms in total. The lowest BCUT2D eigenvalue weighted by atomic mass is 9.99. The zero-order chi connectivity index (χ0) is 11.7. The number of carbonyl (C=O) groups is 1. The summed E-state index contributed by atoms with van der Waals surface area (Å²) in [6.45, 7) is 4.31. The molecule has 1 atom stereocenters. The number of hydrogen-bond acceptors (Lipinski definition) is 2. The van der Waals surface area contributed by atoms with Gasteiger partial charge in [-0.05, 0) is 19.3 Å². The van der Waals surface area contributed by atoms with Gasteiger partial charge in [0.05, 0.1) is 13.0 Å². The number of unbranched alkanes of at least 4 members (excludes halogenated alkanes) is 1. The highest BCUT2D eigenvalue weighted by molar-refractivity contribution is 6.55. The zero-order valence-corrected chi connectivity index (χ0v) is 10.8. The molecule has 0 aliphatic carbocycles.